The van der Waals surface area contributed by atoms with E-state index in [1.807, 2.05) is 0 Å². The Morgan fingerprint density at radius 2 is 2.05 bits per heavy atom. The van der Waals surface area contributed by atoms with Crippen LogP contribution in [-0.2, 0) is 4.74 Å². The topological polar surface area (TPSA) is 48.8 Å². The fourth-order valence-electron chi connectivity index (χ4n) is 2.35. The van der Waals surface area contributed by atoms with E-state index in [1.54, 1.807) is 13.1 Å². The Hall–Kier alpha value is -1.24. The van der Waals surface area contributed by atoms with Crippen molar-refractivity contribution in [2.24, 2.45) is 0 Å². The van der Waals surface area contributed by atoms with Gasteiger partial charge in [0.1, 0.15) is 5.69 Å². The Morgan fingerprint density at radius 3 is 2.60 bits per heavy atom. The van der Waals surface area contributed by atoms with Crippen LogP contribution in [0.1, 0.15) is 25.8 Å². The third-order valence-corrected chi connectivity index (χ3v) is 3.60. The zero-order chi connectivity index (χ0) is 14.5. The Balaban J connectivity index is 2.05. The number of aliphatic hydroxyl groups excluding tert-OH is 1. The molecule has 1 unspecified atom stereocenters. The zero-order valence-electron chi connectivity index (χ0n) is 12.0. The number of likely N-dealkylation sites (N-methyl/N-ethyl adjacent to an activating group) is 1. The molecule has 1 N–H and O–H groups in total. The van der Waals surface area contributed by atoms with Crippen LogP contribution in [0.5, 0.6) is 0 Å². The molecule has 2 heterocycles. The third kappa shape index (κ3) is 3.45. The normalized spacial score (nSPS) is 18.3. The van der Waals surface area contributed by atoms with E-state index in [9.17, 15) is 9.50 Å². The Kier molecular flexibility index (Phi) is 5.28. The quantitative estimate of drug-likeness (QED) is 0.828. The van der Waals surface area contributed by atoms with Crippen LogP contribution in [0.4, 0.5) is 10.1 Å². The number of ether oxygens (including phenoxy) is 1. The smallest absolute Gasteiger partial charge is 0.201 e. The summed E-state index contributed by atoms with van der Waals surface area (Å²) in [7, 11) is 0. The molecule has 1 aliphatic heterocycles. The van der Waals surface area contributed by atoms with E-state index in [0.29, 0.717) is 6.61 Å². The zero-order valence-corrected chi connectivity index (χ0v) is 12.0. The number of hydrogen-bond acceptors (Lipinski definition) is 5. The molecule has 112 valence electrons. The maximum absolute atomic E-state index is 14.0. The van der Waals surface area contributed by atoms with Gasteiger partial charge < -0.3 is 19.6 Å². The lowest BCUT2D eigenvalue weighted by molar-refractivity contribution is -0.103. The van der Waals surface area contributed by atoms with Crippen molar-refractivity contribution < 1.29 is 14.2 Å². The first-order chi connectivity index (χ1) is 9.65. The van der Waals surface area contributed by atoms with Gasteiger partial charge in [-0.2, -0.15) is 0 Å². The van der Waals surface area contributed by atoms with Gasteiger partial charge in [0.05, 0.1) is 11.9 Å². The number of hydrogen-bond donors (Lipinski definition) is 1. The van der Waals surface area contributed by atoms with Gasteiger partial charge in [0.15, 0.2) is 5.82 Å². The van der Waals surface area contributed by atoms with E-state index in [4.69, 9.17) is 4.74 Å². The number of nitrogens with zero attached hydrogens (tertiary/aromatic N) is 3. The molecule has 0 bridgehead atoms. The fraction of sp³-hybridized carbons (Fsp3) is 0.643. The molecule has 0 radical (unpaired) electrons. The lowest BCUT2D eigenvalue weighted by atomic mass is 10.2. The van der Waals surface area contributed by atoms with E-state index in [2.05, 4.69) is 21.7 Å². The van der Waals surface area contributed by atoms with Crippen molar-refractivity contribution in [1.82, 2.24) is 9.88 Å². The molecule has 0 amide bonds. The summed E-state index contributed by atoms with van der Waals surface area (Å²) in [5.74, 6) is -0.527. The molecule has 1 aliphatic rings. The minimum absolute atomic E-state index is 0.0530. The summed E-state index contributed by atoms with van der Waals surface area (Å²) >= 11 is 0. The van der Waals surface area contributed by atoms with Gasteiger partial charge >= 0.3 is 0 Å². The average molecular weight is 283 g/mol. The maximum Gasteiger partial charge on any atom is 0.201 e. The molecule has 1 aromatic heterocycles. The highest BCUT2D eigenvalue weighted by molar-refractivity contribution is 5.45. The summed E-state index contributed by atoms with van der Waals surface area (Å²) in [4.78, 5) is 8.47. The molecule has 20 heavy (non-hydrogen) atoms. The minimum Gasteiger partial charge on any atom is -0.368 e. The van der Waals surface area contributed by atoms with E-state index in [0.717, 1.165) is 38.4 Å². The Bertz CT molecular complexity index is 436. The second kappa shape index (κ2) is 6.97. The molecule has 1 atom stereocenters. The van der Waals surface area contributed by atoms with Crippen molar-refractivity contribution in [1.29, 1.82) is 0 Å². The number of aromatic nitrogens is 1. The Labute approximate surface area is 119 Å². The second-order valence-electron chi connectivity index (χ2n) is 4.79. The van der Waals surface area contributed by atoms with Gasteiger partial charge in [-0.05, 0) is 13.5 Å². The van der Waals surface area contributed by atoms with Gasteiger partial charge in [0, 0.05) is 38.9 Å². The number of rotatable bonds is 5. The number of piperazine rings is 1. The first kappa shape index (κ1) is 15.2. The number of aliphatic hydroxyl groups is 1. The van der Waals surface area contributed by atoms with Crippen molar-refractivity contribution in [3.8, 4) is 0 Å². The molecule has 6 heteroatoms. The predicted molar refractivity (Wildman–Crippen MR) is 75.1 cm³/mol. The van der Waals surface area contributed by atoms with E-state index in [-0.39, 0.29) is 5.69 Å². The second-order valence-corrected chi connectivity index (χ2v) is 4.79. The summed E-state index contributed by atoms with van der Waals surface area (Å²) in [5.41, 5.74) is 0.702. The average Bonchev–Trinajstić information content (AvgIpc) is 2.47. The van der Waals surface area contributed by atoms with Gasteiger partial charge in [-0.1, -0.05) is 6.92 Å². The van der Waals surface area contributed by atoms with Crippen LogP contribution < -0.4 is 4.90 Å². The highest BCUT2D eigenvalue weighted by atomic mass is 19.1. The van der Waals surface area contributed by atoms with E-state index < -0.39 is 12.1 Å². The molecule has 1 aromatic rings. The fourth-order valence-corrected chi connectivity index (χ4v) is 2.35. The first-order valence-corrected chi connectivity index (χ1v) is 7.08. The molecule has 0 aromatic carbocycles. The third-order valence-electron chi connectivity index (χ3n) is 3.60. The van der Waals surface area contributed by atoms with Crippen molar-refractivity contribution in [2.75, 3.05) is 44.2 Å². The maximum atomic E-state index is 14.0. The van der Waals surface area contributed by atoms with Crippen LogP contribution in [0.15, 0.2) is 12.3 Å². The SMILES string of the molecule is CCOC(O)c1ncc(N2CCN(CC)CC2)cc1F. The summed E-state index contributed by atoms with van der Waals surface area (Å²) in [6, 6.07) is 1.42. The van der Waals surface area contributed by atoms with Gasteiger partial charge in [-0.3, -0.25) is 4.98 Å². The van der Waals surface area contributed by atoms with Crippen LogP contribution in [-0.4, -0.2) is 54.3 Å². The van der Waals surface area contributed by atoms with Gasteiger partial charge in [0.25, 0.3) is 0 Å². The van der Waals surface area contributed by atoms with Gasteiger partial charge in [-0.15, -0.1) is 0 Å². The van der Waals surface area contributed by atoms with Crippen molar-refractivity contribution in [3.05, 3.63) is 23.8 Å². The minimum atomic E-state index is -1.30. The molecular formula is C14H22FN3O2. The van der Waals surface area contributed by atoms with Crippen molar-refractivity contribution in [2.45, 2.75) is 20.1 Å². The van der Waals surface area contributed by atoms with Crippen LogP contribution in [0.3, 0.4) is 0 Å². The lowest BCUT2D eigenvalue weighted by Crippen LogP contribution is -2.46. The summed E-state index contributed by atoms with van der Waals surface area (Å²) in [6.45, 7) is 8.90. The molecular weight excluding hydrogens is 261 g/mol. The lowest BCUT2D eigenvalue weighted by Gasteiger charge is -2.35. The molecule has 1 saturated heterocycles. The first-order valence-electron chi connectivity index (χ1n) is 7.08. The number of halogens is 1. The van der Waals surface area contributed by atoms with Gasteiger partial charge in [0.2, 0.25) is 6.29 Å². The molecule has 1 fully saturated rings. The summed E-state index contributed by atoms with van der Waals surface area (Å²) in [6.07, 6.45) is 0.299. The summed E-state index contributed by atoms with van der Waals surface area (Å²) < 4.78 is 18.9. The molecule has 5 nitrogen and oxygen atoms in total. The van der Waals surface area contributed by atoms with Gasteiger partial charge in [-0.25, -0.2) is 4.39 Å². The number of anilines is 1. The monoisotopic (exact) mass is 283 g/mol. The molecule has 2 rings (SSSR count). The Morgan fingerprint density at radius 1 is 1.35 bits per heavy atom. The van der Waals surface area contributed by atoms with Crippen molar-refractivity contribution >= 4 is 5.69 Å². The number of pyridine rings is 1. The molecule has 0 aliphatic carbocycles. The van der Waals surface area contributed by atoms with Crippen molar-refractivity contribution in [3.63, 3.8) is 0 Å². The predicted octanol–water partition coefficient (Wildman–Crippen LogP) is 1.39. The highest BCUT2D eigenvalue weighted by Gasteiger charge is 2.19. The van der Waals surface area contributed by atoms with Crippen LogP contribution in [0.2, 0.25) is 0 Å². The molecule has 0 saturated carbocycles. The molecule has 0 spiro atoms. The van der Waals surface area contributed by atoms with E-state index >= 15 is 0 Å². The standard InChI is InChI=1S/C14H22FN3O2/c1-3-17-5-7-18(8-6-17)11-9-12(15)13(16-10-11)14(19)20-4-2/h9-10,14,19H,3-8H2,1-2H3. The summed E-state index contributed by atoms with van der Waals surface area (Å²) in [5, 5.41) is 9.62. The van der Waals surface area contributed by atoms with Crippen LogP contribution >= 0.6 is 0 Å². The van der Waals surface area contributed by atoms with Crippen LogP contribution in [0, 0.1) is 5.82 Å². The van der Waals surface area contributed by atoms with Crippen LogP contribution in [0.25, 0.3) is 0 Å². The highest BCUT2D eigenvalue weighted by Crippen LogP contribution is 2.22. The largest absolute Gasteiger partial charge is 0.368 e. The van der Waals surface area contributed by atoms with E-state index in [1.165, 1.54) is 6.07 Å².